The van der Waals surface area contributed by atoms with Crippen molar-refractivity contribution in [2.24, 2.45) is 5.92 Å². The Balaban J connectivity index is 1.37. The van der Waals surface area contributed by atoms with Crippen molar-refractivity contribution in [1.82, 2.24) is 4.90 Å². The van der Waals surface area contributed by atoms with E-state index in [4.69, 9.17) is 9.47 Å². The first-order valence-electron chi connectivity index (χ1n) is 11.2. The number of rotatable bonds is 5. The molecule has 0 N–H and O–H groups in total. The van der Waals surface area contributed by atoms with Gasteiger partial charge in [-0.15, -0.1) is 0 Å². The van der Waals surface area contributed by atoms with Gasteiger partial charge in [0.2, 0.25) is 0 Å². The standard InChI is InChI=1S/C23H36N2O5S/c1-23(2,3)30-22(26)25-13-9-18(10-14-25)17-29-20-11-15-24(16-12-20)19-5-7-21(8-6-19)31(4,27)28/h5-8,18,20H,9-17H2,1-4H3. The van der Waals surface area contributed by atoms with Crippen molar-refractivity contribution in [3.05, 3.63) is 24.3 Å². The molecule has 1 amide bonds. The number of likely N-dealkylation sites (tertiary alicyclic amines) is 1. The highest BCUT2D eigenvalue weighted by molar-refractivity contribution is 7.90. The van der Waals surface area contributed by atoms with Crippen LogP contribution in [0.2, 0.25) is 0 Å². The number of anilines is 1. The van der Waals surface area contributed by atoms with Crippen molar-refractivity contribution >= 4 is 21.6 Å². The van der Waals surface area contributed by atoms with E-state index < -0.39 is 15.4 Å². The second kappa shape index (κ2) is 9.77. The molecule has 0 bridgehead atoms. The van der Waals surface area contributed by atoms with Gasteiger partial charge >= 0.3 is 6.09 Å². The number of carbonyl (C=O) groups excluding carboxylic acids is 1. The molecule has 2 heterocycles. The van der Waals surface area contributed by atoms with E-state index in [0.717, 1.165) is 64.2 Å². The van der Waals surface area contributed by atoms with Gasteiger partial charge in [0.1, 0.15) is 5.60 Å². The summed E-state index contributed by atoms with van der Waals surface area (Å²) in [7, 11) is -3.16. The van der Waals surface area contributed by atoms with Gasteiger partial charge in [-0.2, -0.15) is 0 Å². The van der Waals surface area contributed by atoms with Crippen molar-refractivity contribution in [1.29, 1.82) is 0 Å². The molecular formula is C23H36N2O5S. The van der Waals surface area contributed by atoms with Crippen LogP contribution in [0.3, 0.4) is 0 Å². The SMILES string of the molecule is CC(C)(C)OC(=O)N1CCC(COC2CCN(c3ccc(S(C)(=O)=O)cc3)CC2)CC1. The third kappa shape index (κ3) is 7.10. The third-order valence-corrected chi connectivity index (χ3v) is 7.03. The summed E-state index contributed by atoms with van der Waals surface area (Å²) in [6.07, 6.45) is 5.09. The lowest BCUT2D eigenvalue weighted by molar-refractivity contribution is -0.00836. The summed E-state index contributed by atoms with van der Waals surface area (Å²) < 4.78 is 34.9. The first-order valence-corrected chi connectivity index (χ1v) is 13.0. The molecule has 1 aromatic rings. The van der Waals surface area contributed by atoms with E-state index in [0.29, 0.717) is 10.8 Å². The normalized spacial score (nSPS) is 19.5. The molecule has 0 unspecified atom stereocenters. The maximum absolute atomic E-state index is 12.2. The fraction of sp³-hybridized carbons (Fsp3) is 0.696. The Morgan fingerprint density at radius 1 is 1.00 bits per heavy atom. The highest BCUT2D eigenvalue weighted by Gasteiger charge is 2.28. The van der Waals surface area contributed by atoms with Crippen LogP contribution in [0.15, 0.2) is 29.2 Å². The lowest BCUT2D eigenvalue weighted by Crippen LogP contribution is -2.43. The Labute approximate surface area is 186 Å². The van der Waals surface area contributed by atoms with Crippen LogP contribution in [0.1, 0.15) is 46.5 Å². The topological polar surface area (TPSA) is 76.2 Å². The molecule has 31 heavy (non-hydrogen) atoms. The summed E-state index contributed by atoms with van der Waals surface area (Å²) in [4.78, 5) is 16.6. The molecule has 1 aromatic carbocycles. The minimum absolute atomic E-state index is 0.219. The zero-order valence-electron chi connectivity index (χ0n) is 19.2. The van der Waals surface area contributed by atoms with Crippen LogP contribution in [0.5, 0.6) is 0 Å². The van der Waals surface area contributed by atoms with E-state index in [1.807, 2.05) is 32.9 Å². The van der Waals surface area contributed by atoms with Gasteiger partial charge in [-0.3, -0.25) is 0 Å². The van der Waals surface area contributed by atoms with E-state index in [1.54, 1.807) is 17.0 Å². The molecule has 0 aromatic heterocycles. The smallest absolute Gasteiger partial charge is 0.410 e. The number of hydrogen-bond donors (Lipinski definition) is 0. The average molecular weight is 453 g/mol. The second-order valence-corrected chi connectivity index (χ2v) is 11.7. The molecule has 8 heteroatoms. The second-order valence-electron chi connectivity index (χ2n) is 9.70. The van der Waals surface area contributed by atoms with E-state index in [2.05, 4.69) is 4.90 Å². The van der Waals surface area contributed by atoms with Crippen molar-refractivity contribution in [2.45, 2.75) is 63.1 Å². The number of carbonyl (C=O) groups is 1. The number of benzene rings is 1. The van der Waals surface area contributed by atoms with Gasteiger partial charge in [0, 0.05) is 44.7 Å². The van der Waals surface area contributed by atoms with Gasteiger partial charge in [0.05, 0.1) is 11.0 Å². The molecule has 7 nitrogen and oxygen atoms in total. The number of sulfone groups is 1. The van der Waals surface area contributed by atoms with Crippen molar-refractivity contribution in [3.63, 3.8) is 0 Å². The number of ether oxygens (including phenoxy) is 2. The van der Waals surface area contributed by atoms with Gasteiger partial charge < -0.3 is 19.3 Å². The zero-order valence-corrected chi connectivity index (χ0v) is 20.0. The van der Waals surface area contributed by atoms with Crippen LogP contribution in [0.4, 0.5) is 10.5 Å². The van der Waals surface area contributed by atoms with Gasteiger partial charge in [0.15, 0.2) is 9.84 Å². The van der Waals surface area contributed by atoms with Crippen molar-refractivity contribution < 1.29 is 22.7 Å². The number of amides is 1. The molecular weight excluding hydrogens is 416 g/mol. The minimum Gasteiger partial charge on any atom is -0.444 e. The van der Waals surface area contributed by atoms with Gasteiger partial charge in [-0.05, 0) is 76.6 Å². The maximum atomic E-state index is 12.2. The molecule has 3 rings (SSSR count). The monoisotopic (exact) mass is 452 g/mol. The molecule has 0 saturated carbocycles. The maximum Gasteiger partial charge on any atom is 0.410 e. The Bertz CT molecular complexity index is 832. The molecule has 0 atom stereocenters. The van der Waals surface area contributed by atoms with Crippen LogP contribution in [0.25, 0.3) is 0 Å². The zero-order chi connectivity index (χ0) is 22.6. The van der Waals surface area contributed by atoms with Crippen LogP contribution in [0, 0.1) is 5.92 Å². The van der Waals surface area contributed by atoms with E-state index in [1.165, 1.54) is 6.26 Å². The minimum atomic E-state index is -3.16. The van der Waals surface area contributed by atoms with Crippen LogP contribution >= 0.6 is 0 Å². The molecule has 0 radical (unpaired) electrons. The molecule has 2 aliphatic heterocycles. The number of hydrogen-bond acceptors (Lipinski definition) is 6. The first kappa shape index (κ1) is 23.9. The van der Waals surface area contributed by atoms with Gasteiger partial charge in [-0.25, -0.2) is 13.2 Å². The molecule has 0 spiro atoms. The molecule has 2 aliphatic rings. The highest BCUT2D eigenvalue weighted by Crippen LogP contribution is 2.25. The first-order chi connectivity index (χ1) is 14.5. The lowest BCUT2D eigenvalue weighted by Gasteiger charge is -2.36. The highest BCUT2D eigenvalue weighted by atomic mass is 32.2. The predicted molar refractivity (Wildman–Crippen MR) is 121 cm³/mol. The van der Waals surface area contributed by atoms with E-state index in [-0.39, 0.29) is 12.2 Å². The molecule has 2 fully saturated rings. The van der Waals surface area contributed by atoms with Crippen LogP contribution in [-0.4, -0.2) is 70.2 Å². The molecule has 2 saturated heterocycles. The average Bonchev–Trinajstić information content (AvgIpc) is 2.71. The van der Waals surface area contributed by atoms with Gasteiger partial charge in [0.25, 0.3) is 0 Å². The van der Waals surface area contributed by atoms with Crippen LogP contribution < -0.4 is 4.90 Å². The molecule has 0 aliphatic carbocycles. The fourth-order valence-electron chi connectivity index (χ4n) is 4.07. The summed E-state index contributed by atoms with van der Waals surface area (Å²) in [6, 6.07) is 7.12. The Hall–Kier alpha value is -1.80. The molecule has 174 valence electrons. The Kier molecular flexibility index (Phi) is 7.52. The summed E-state index contributed by atoms with van der Waals surface area (Å²) >= 11 is 0. The van der Waals surface area contributed by atoms with Crippen molar-refractivity contribution in [3.8, 4) is 0 Å². The number of nitrogens with zero attached hydrogens (tertiary/aromatic N) is 2. The third-order valence-electron chi connectivity index (χ3n) is 5.91. The van der Waals surface area contributed by atoms with Crippen molar-refractivity contribution in [2.75, 3.05) is 43.9 Å². The Morgan fingerprint density at radius 2 is 1.58 bits per heavy atom. The largest absolute Gasteiger partial charge is 0.444 e. The summed E-state index contributed by atoms with van der Waals surface area (Å²) in [6.45, 7) is 9.68. The van der Waals surface area contributed by atoms with Crippen LogP contribution in [-0.2, 0) is 19.3 Å². The summed E-state index contributed by atoms with van der Waals surface area (Å²) in [5, 5.41) is 0. The Morgan fingerprint density at radius 3 is 2.10 bits per heavy atom. The number of piperidine rings is 2. The lowest BCUT2D eigenvalue weighted by atomic mass is 9.97. The van der Waals surface area contributed by atoms with Gasteiger partial charge in [-0.1, -0.05) is 0 Å². The quantitative estimate of drug-likeness (QED) is 0.678. The predicted octanol–water partition coefficient (Wildman–Crippen LogP) is 3.72. The van der Waals surface area contributed by atoms with E-state index >= 15 is 0 Å². The summed E-state index contributed by atoms with van der Waals surface area (Å²) in [5.74, 6) is 0.486. The fourth-order valence-corrected chi connectivity index (χ4v) is 4.70. The summed E-state index contributed by atoms with van der Waals surface area (Å²) in [5.41, 5.74) is 0.599. The van der Waals surface area contributed by atoms with E-state index in [9.17, 15) is 13.2 Å².